The Balaban J connectivity index is 1.64. The lowest BCUT2D eigenvalue weighted by molar-refractivity contribution is -0.147. The molecule has 3 fully saturated rings. The molecular weight excluding hydrogens is 262 g/mol. The summed E-state index contributed by atoms with van der Waals surface area (Å²) < 4.78 is 0. The Labute approximate surface area is 129 Å². The third kappa shape index (κ3) is 3.13. The number of rotatable bonds is 3. The summed E-state index contributed by atoms with van der Waals surface area (Å²) in [6.45, 7) is 4.54. The van der Waals surface area contributed by atoms with Gasteiger partial charge in [0.05, 0.1) is 5.92 Å². The minimum atomic E-state index is -0.560. The zero-order valence-corrected chi connectivity index (χ0v) is 13.5. The molecule has 2 saturated carbocycles. The average molecular weight is 293 g/mol. The molecule has 3 atom stereocenters. The van der Waals surface area contributed by atoms with Gasteiger partial charge in [-0.3, -0.25) is 9.69 Å². The van der Waals surface area contributed by atoms with Gasteiger partial charge >= 0.3 is 5.97 Å². The van der Waals surface area contributed by atoms with Crippen LogP contribution in [-0.4, -0.2) is 35.1 Å². The van der Waals surface area contributed by atoms with E-state index >= 15 is 0 Å². The van der Waals surface area contributed by atoms with E-state index in [0.29, 0.717) is 11.5 Å². The normalized spacial score (nSPS) is 36.9. The molecule has 3 rings (SSSR count). The molecule has 0 radical (unpaired) electrons. The number of carbonyl (C=O) groups is 1. The number of piperidine rings is 1. The summed E-state index contributed by atoms with van der Waals surface area (Å²) in [5.41, 5.74) is 0.633. The van der Waals surface area contributed by atoms with Crippen LogP contribution in [0.25, 0.3) is 0 Å². The summed E-state index contributed by atoms with van der Waals surface area (Å²) in [6.07, 6.45) is 12.6. The van der Waals surface area contributed by atoms with Gasteiger partial charge in [0.2, 0.25) is 0 Å². The van der Waals surface area contributed by atoms with Crippen molar-refractivity contribution in [2.24, 2.45) is 17.3 Å². The van der Waals surface area contributed by atoms with Gasteiger partial charge in [-0.05, 0) is 69.4 Å². The fourth-order valence-corrected chi connectivity index (χ4v) is 5.25. The van der Waals surface area contributed by atoms with Crippen molar-refractivity contribution in [2.75, 3.05) is 13.1 Å². The van der Waals surface area contributed by atoms with Crippen LogP contribution in [0.1, 0.15) is 71.1 Å². The number of aliphatic carboxylic acids is 1. The summed E-state index contributed by atoms with van der Waals surface area (Å²) in [4.78, 5) is 14.2. The van der Waals surface area contributed by atoms with E-state index in [1.807, 2.05) is 0 Å². The van der Waals surface area contributed by atoms with Crippen LogP contribution in [0.3, 0.4) is 0 Å². The lowest BCUT2D eigenvalue weighted by Crippen LogP contribution is -2.51. The van der Waals surface area contributed by atoms with E-state index < -0.39 is 5.97 Å². The maximum atomic E-state index is 11.6. The first-order valence-corrected chi connectivity index (χ1v) is 9.10. The van der Waals surface area contributed by atoms with Crippen molar-refractivity contribution in [1.29, 1.82) is 0 Å². The molecule has 3 aliphatic rings. The van der Waals surface area contributed by atoms with Crippen molar-refractivity contribution in [2.45, 2.75) is 77.2 Å². The molecule has 0 amide bonds. The number of hydrogen-bond donors (Lipinski definition) is 1. The van der Waals surface area contributed by atoms with Crippen molar-refractivity contribution < 1.29 is 9.90 Å². The third-order valence-corrected chi connectivity index (χ3v) is 6.81. The largest absolute Gasteiger partial charge is 0.481 e. The van der Waals surface area contributed by atoms with Crippen molar-refractivity contribution in [3.05, 3.63) is 0 Å². The topological polar surface area (TPSA) is 40.5 Å². The van der Waals surface area contributed by atoms with Crippen molar-refractivity contribution in [3.63, 3.8) is 0 Å². The molecular formula is C18H31NO2. The van der Waals surface area contributed by atoms with Gasteiger partial charge in [-0.1, -0.05) is 26.2 Å². The number of nitrogens with zero attached hydrogens (tertiary/aromatic N) is 1. The molecule has 3 unspecified atom stereocenters. The number of carboxylic acid groups (broad SMARTS) is 1. The number of carboxylic acids is 1. The van der Waals surface area contributed by atoms with Gasteiger partial charge in [-0.25, -0.2) is 0 Å². The third-order valence-electron chi connectivity index (χ3n) is 6.81. The van der Waals surface area contributed by atoms with E-state index in [2.05, 4.69) is 11.8 Å². The first kappa shape index (κ1) is 15.3. The molecule has 0 bridgehead atoms. The Hall–Kier alpha value is -0.570. The van der Waals surface area contributed by atoms with Crippen LogP contribution in [0.4, 0.5) is 0 Å². The van der Waals surface area contributed by atoms with E-state index in [1.165, 1.54) is 44.9 Å². The number of hydrogen-bond acceptors (Lipinski definition) is 2. The molecule has 21 heavy (non-hydrogen) atoms. The van der Waals surface area contributed by atoms with Crippen LogP contribution in [-0.2, 0) is 4.79 Å². The molecule has 0 aromatic rings. The first-order chi connectivity index (χ1) is 10.1. The summed E-state index contributed by atoms with van der Waals surface area (Å²) in [6, 6.07) is 0.306. The van der Waals surface area contributed by atoms with E-state index in [9.17, 15) is 9.90 Å². The summed E-state index contributed by atoms with van der Waals surface area (Å²) >= 11 is 0. The monoisotopic (exact) mass is 293 g/mol. The highest BCUT2D eigenvalue weighted by molar-refractivity contribution is 5.71. The van der Waals surface area contributed by atoms with E-state index in [-0.39, 0.29) is 5.92 Å². The van der Waals surface area contributed by atoms with Gasteiger partial charge in [0.15, 0.2) is 0 Å². The molecule has 3 nitrogen and oxygen atoms in total. The molecule has 0 aromatic heterocycles. The van der Waals surface area contributed by atoms with E-state index in [0.717, 1.165) is 38.3 Å². The molecule has 120 valence electrons. The lowest BCUT2D eigenvalue weighted by atomic mass is 9.73. The molecule has 1 heterocycles. The molecule has 0 aromatic carbocycles. The Morgan fingerprint density at radius 2 is 1.81 bits per heavy atom. The lowest BCUT2D eigenvalue weighted by Gasteiger charge is -2.47. The first-order valence-electron chi connectivity index (χ1n) is 9.10. The van der Waals surface area contributed by atoms with E-state index in [1.54, 1.807) is 0 Å². The highest BCUT2D eigenvalue weighted by Gasteiger charge is 2.42. The quantitative estimate of drug-likeness (QED) is 0.857. The van der Waals surface area contributed by atoms with Gasteiger partial charge in [0.25, 0.3) is 0 Å². The highest BCUT2D eigenvalue weighted by Crippen LogP contribution is 2.47. The second-order valence-electron chi connectivity index (χ2n) is 7.84. The van der Waals surface area contributed by atoms with Crippen LogP contribution in [0, 0.1) is 17.3 Å². The highest BCUT2D eigenvalue weighted by atomic mass is 16.4. The molecule has 2 aliphatic carbocycles. The molecule has 1 aliphatic heterocycles. The van der Waals surface area contributed by atoms with Crippen molar-refractivity contribution >= 4 is 5.97 Å². The molecule has 1 spiro atoms. The Morgan fingerprint density at radius 1 is 1.14 bits per heavy atom. The van der Waals surface area contributed by atoms with Crippen LogP contribution in [0.2, 0.25) is 0 Å². The Kier molecular flexibility index (Phi) is 4.58. The van der Waals surface area contributed by atoms with Crippen LogP contribution >= 0.6 is 0 Å². The molecule has 3 heteroatoms. The fraction of sp³-hybridized carbons (Fsp3) is 0.944. The van der Waals surface area contributed by atoms with Crippen LogP contribution in [0.15, 0.2) is 0 Å². The zero-order chi connectivity index (χ0) is 14.9. The maximum Gasteiger partial charge on any atom is 0.308 e. The SMILES string of the molecule is CCC1CCC(C(=O)O)C(N2CCC3(CCCC3)CC2)C1. The summed E-state index contributed by atoms with van der Waals surface area (Å²) in [5.74, 6) is 0.0640. The Bertz CT molecular complexity index is 365. The van der Waals surface area contributed by atoms with Gasteiger partial charge in [0, 0.05) is 6.04 Å². The number of likely N-dealkylation sites (tertiary alicyclic amines) is 1. The Morgan fingerprint density at radius 3 is 2.38 bits per heavy atom. The predicted molar refractivity (Wildman–Crippen MR) is 84.3 cm³/mol. The minimum Gasteiger partial charge on any atom is -0.481 e. The second-order valence-corrected chi connectivity index (χ2v) is 7.84. The van der Waals surface area contributed by atoms with Crippen LogP contribution in [0.5, 0.6) is 0 Å². The van der Waals surface area contributed by atoms with Gasteiger partial charge in [0.1, 0.15) is 0 Å². The van der Waals surface area contributed by atoms with Gasteiger partial charge in [-0.15, -0.1) is 0 Å². The standard InChI is InChI=1S/C18H31NO2/c1-2-14-5-6-15(17(20)21)16(13-14)19-11-9-18(10-12-19)7-3-4-8-18/h14-16H,2-13H2,1H3,(H,20,21). The van der Waals surface area contributed by atoms with Gasteiger partial charge < -0.3 is 5.11 Å². The van der Waals surface area contributed by atoms with Crippen LogP contribution < -0.4 is 0 Å². The zero-order valence-electron chi connectivity index (χ0n) is 13.5. The second kappa shape index (κ2) is 6.28. The van der Waals surface area contributed by atoms with Gasteiger partial charge in [-0.2, -0.15) is 0 Å². The van der Waals surface area contributed by atoms with E-state index in [4.69, 9.17) is 0 Å². The van der Waals surface area contributed by atoms with Crippen molar-refractivity contribution in [1.82, 2.24) is 4.90 Å². The summed E-state index contributed by atoms with van der Waals surface area (Å²) in [5, 5.41) is 9.58. The summed E-state index contributed by atoms with van der Waals surface area (Å²) in [7, 11) is 0. The maximum absolute atomic E-state index is 11.6. The molecule has 1 N–H and O–H groups in total. The van der Waals surface area contributed by atoms with Crippen molar-refractivity contribution in [3.8, 4) is 0 Å². The smallest absolute Gasteiger partial charge is 0.308 e. The fourth-order valence-electron chi connectivity index (χ4n) is 5.25. The molecule has 1 saturated heterocycles. The minimum absolute atomic E-state index is 0.120. The average Bonchev–Trinajstić information content (AvgIpc) is 2.95. The predicted octanol–water partition coefficient (Wildman–Crippen LogP) is 3.92.